The van der Waals surface area contributed by atoms with Crippen molar-refractivity contribution in [1.29, 1.82) is 0 Å². The quantitative estimate of drug-likeness (QED) is 0.854. The van der Waals surface area contributed by atoms with Crippen molar-refractivity contribution in [2.24, 2.45) is 0 Å². The Hall–Kier alpha value is -1.62. The van der Waals surface area contributed by atoms with Crippen LogP contribution >= 0.6 is 0 Å². The Bertz CT molecular complexity index is 549. The molecule has 2 aliphatic rings. The van der Waals surface area contributed by atoms with Gasteiger partial charge in [-0.1, -0.05) is 6.07 Å². The molecule has 1 amide bonds. The number of methoxy groups -OCH3 is 1. The summed E-state index contributed by atoms with van der Waals surface area (Å²) in [6, 6.07) is 4.78. The molecular formula is C16H21FN2O2. The third-order valence-electron chi connectivity index (χ3n) is 4.63. The van der Waals surface area contributed by atoms with E-state index in [0.717, 1.165) is 31.5 Å². The zero-order valence-corrected chi connectivity index (χ0v) is 12.5. The highest BCUT2D eigenvalue weighted by Crippen LogP contribution is 2.28. The first-order chi connectivity index (χ1) is 10.1. The summed E-state index contributed by atoms with van der Waals surface area (Å²) in [6.07, 6.45) is 2.17. The highest BCUT2D eigenvalue weighted by atomic mass is 19.1. The first-order valence-corrected chi connectivity index (χ1v) is 7.47. The molecular weight excluding hydrogens is 271 g/mol. The lowest BCUT2D eigenvalue weighted by Gasteiger charge is -2.41. The van der Waals surface area contributed by atoms with Gasteiger partial charge in [0.2, 0.25) is 5.91 Å². The first kappa shape index (κ1) is 14.3. The van der Waals surface area contributed by atoms with Crippen molar-refractivity contribution in [3.8, 4) is 5.75 Å². The molecule has 0 aromatic heterocycles. The monoisotopic (exact) mass is 292 g/mol. The van der Waals surface area contributed by atoms with Crippen LogP contribution in [0.15, 0.2) is 18.2 Å². The summed E-state index contributed by atoms with van der Waals surface area (Å²) in [5, 5.41) is 0. The number of carbonyl (C=O) groups is 1. The van der Waals surface area contributed by atoms with E-state index in [1.165, 1.54) is 12.1 Å². The predicted molar refractivity (Wildman–Crippen MR) is 77.6 cm³/mol. The van der Waals surface area contributed by atoms with E-state index in [2.05, 4.69) is 4.90 Å². The molecule has 0 bridgehead atoms. The summed E-state index contributed by atoms with van der Waals surface area (Å²) in [5.74, 6) is 0.452. The third-order valence-corrected chi connectivity index (χ3v) is 4.63. The molecule has 2 aliphatic heterocycles. The number of fused-ring (bicyclic) bond motifs is 1. The maximum Gasteiger partial charge on any atom is 0.239 e. The van der Waals surface area contributed by atoms with Crippen molar-refractivity contribution in [2.75, 3.05) is 20.2 Å². The van der Waals surface area contributed by atoms with Gasteiger partial charge >= 0.3 is 0 Å². The van der Waals surface area contributed by atoms with E-state index in [4.69, 9.17) is 4.74 Å². The van der Waals surface area contributed by atoms with Crippen molar-refractivity contribution in [3.63, 3.8) is 0 Å². The average Bonchev–Trinajstić information content (AvgIpc) is 2.94. The molecule has 4 nitrogen and oxygen atoms in total. The van der Waals surface area contributed by atoms with E-state index in [0.29, 0.717) is 18.3 Å². The smallest absolute Gasteiger partial charge is 0.239 e. The number of halogens is 1. The average molecular weight is 292 g/mol. The van der Waals surface area contributed by atoms with E-state index in [1.54, 1.807) is 13.2 Å². The molecule has 0 spiro atoms. The van der Waals surface area contributed by atoms with Crippen LogP contribution in [-0.4, -0.2) is 48.0 Å². The number of hydrogen-bond donors (Lipinski definition) is 0. The summed E-state index contributed by atoms with van der Waals surface area (Å²) in [4.78, 5) is 16.6. The fraction of sp³-hybridized carbons (Fsp3) is 0.562. The molecule has 21 heavy (non-hydrogen) atoms. The fourth-order valence-electron chi connectivity index (χ4n) is 3.41. The van der Waals surface area contributed by atoms with Gasteiger partial charge in [0.25, 0.3) is 0 Å². The van der Waals surface area contributed by atoms with E-state index in [-0.39, 0.29) is 17.8 Å². The number of amides is 1. The highest BCUT2D eigenvalue weighted by Gasteiger charge is 2.40. The second-order valence-corrected chi connectivity index (χ2v) is 5.89. The Morgan fingerprint density at radius 1 is 1.43 bits per heavy atom. The van der Waals surface area contributed by atoms with Gasteiger partial charge < -0.3 is 9.64 Å². The van der Waals surface area contributed by atoms with Gasteiger partial charge in [0, 0.05) is 37.3 Å². The molecule has 2 saturated heterocycles. The Labute approximate surface area is 124 Å². The molecule has 2 atom stereocenters. The standard InChI is InChI=1S/C16H21FN2O2/c1-11-16(20)19-7-3-4-14(19)10-18(11)9-12-5-6-13(17)8-15(12)21-2/h5-6,8,11,14H,3-4,7,9-10H2,1-2H3/t11-,14+/m1/s1. The van der Waals surface area contributed by atoms with E-state index in [1.807, 2.05) is 11.8 Å². The molecule has 0 N–H and O–H groups in total. The minimum absolute atomic E-state index is 0.130. The normalized spacial score (nSPS) is 26.0. The van der Waals surface area contributed by atoms with Crippen molar-refractivity contribution in [1.82, 2.24) is 9.80 Å². The fourth-order valence-corrected chi connectivity index (χ4v) is 3.41. The van der Waals surface area contributed by atoms with Gasteiger partial charge in [0.05, 0.1) is 13.2 Å². The topological polar surface area (TPSA) is 32.8 Å². The van der Waals surface area contributed by atoms with Gasteiger partial charge in [-0.25, -0.2) is 4.39 Å². The van der Waals surface area contributed by atoms with Gasteiger partial charge in [-0.15, -0.1) is 0 Å². The molecule has 2 fully saturated rings. The number of piperazine rings is 1. The van der Waals surface area contributed by atoms with Gasteiger partial charge in [0.1, 0.15) is 11.6 Å². The molecule has 1 aromatic rings. The zero-order chi connectivity index (χ0) is 15.0. The minimum Gasteiger partial charge on any atom is -0.496 e. The van der Waals surface area contributed by atoms with Crippen molar-refractivity contribution in [2.45, 2.75) is 38.4 Å². The van der Waals surface area contributed by atoms with Crippen LogP contribution in [0.3, 0.4) is 0 Å². The zero-order valence-electron chi connectivity index (χ0n) is 12.5. The predicted octanol–water partition coefficient (Wildman–Crippen LogP) is 2.03. The molecule has 114 valence electrons. The Kier molecular flexibility index (Phi) is 3.85. The van der Waals surface area contributed by atoms with E-state index < -0.39 is 0 Å². The first-order valence-electron chi connectivity index (χ1n) is 7.47. The summed E-state index contributed by atoms with van der Waals surface area (Å²) in [5.41, 5.74) is 0.921. The lowest BCUT2D eigenvalue weighted by molar-refractivity contribution is -0.143. The van der Waals surface area contributed by atoms with Crippen LogP contribution in [0.1, 0.15) is 25.3 Å². The van der Waals surface area contributed by atoms with Gasteiger partial charge in [0.15, 0.2) is 0 Å². The van der Waals surface area contributed by atoms with Crippen LogP contribution in [0.25, 0.3) is 0 Å². The lowest BCUT2D eigenvalue weighted by atomic mass is 10.1. The number of nitrogens with zero attached hydrogens (tertiary/aromatic N) is 2. The number of benzene rings is 1. The molecule has 0 aliphatic carbocycles. The molecule has 0 saturated carbocycles. The Balaban J connectivity index is 1.79. The van der Waals surface area contributed by atoms with E-state index >= 15 is 0 Å². The number of hydrogen-bond acceptors (Lipinski definition) is 3. The van der Waals surface area contributed by atoms with Crippen LogP contribution in [-0.2, 0) is 11.3 Å². The van der Waals surface area contributed by atoms with Crippen molar-refractivity contribution >= 4 is 5.91 Å². The van der Waals surface area contributed by atoms with Crippen molar-refractivity contribution in [3.05, 3.63) is 29.6 Å². The summed E-state index contributed by atoms with van der Waals surface area (Å²) in [6.45, 7) is 4.34. The molecule has 5 heteroatoms. The molecule has 2 heterocycles. The molecule has 0 unspecified atom stereocenters. The van der Waals surface area contributed by atoms with Crippen LogP contribution in [0, 0.1) is 5.82 Å². The van der Waals surface area contributed by atoms with Gasteiger partial charge in [-0.3, -0.25) is 9.69 Å². The van der Waals surface area contributed by atoms with E-state index in [9.17, 15) is 9.18 Å². The largest absolute Gasteiger partial charge is 0.496 e. The highest BCUT2D eigenvalue weighted by molar-refractivity contribution is 5.83. The van der Waals surface area contributed by atoms with Gasteiger partial charge in [-0.05, 0) is 25.8 Å². The van der Waals surface area contributed by atoms with Crippen LogP contribution in [0.2, 0.25) is 0 Å². The van der Waals surface area contributed by atoms with Crippen LogP contribution in [0.5, 0.6) is 5.75 Å². The molecule has 1 aromatic carbocycles. The summed E-state index contributed by atoms with van der Waals surface area (Å²) < 4.78 is 18.5. The number of carbonyl (C=O) groups excluding carboxylic acids is 1. The maximum atomic E-state index is 13.3. The van der Waals surface area contributed by atoms with Gasteiger partial charge in [-0.2, -0.15) is 0 Å². The summed E-state index contributed by atoms with van der Waals surface area (Å²) >= 11 is 0. The number of ether oxygens (including phenoxy) is 1. The Morgan fingerprint density at radius 2 is 2.24 bits per heavy atom. The van der Waals surface area contributed by atoms with Crippen LogP contribution in [0.4, 0.5) is 4.39 Å². The second-order valence-electron chi connectivity index (χ2n) is 5.89. The maximum absolute atomic E-state index is 13.3. The third kappa shape index (κ3) is 2.62. The lowest BCUT2D eigenvalue weighted by Crippen LogP contribution is -2.58. The second kappa shape index (κ2) is 5.64. The minimum atomic E-state index is -0.305. The van der Waals surface area contributed by atoms with Crippen molar-refractivity contribution < 1.29 is 13.9 Å². The SMILES string of the molecule is COc1cc(F)ccc1CN1C[C@@H]2CCCN2C(=O)[C@H]1C. The van der Waals surface area contributed by atoms with Crippen LogP contribution < -0.4 is 4.74 Å². The summed E-state index contributed by atoms with van der Waals surface area (Å²) in [7, 11) is 1.54. The molecule has 0 radical (unpaired) electrons. The number of rotatable bonds is 3. The molecule has 3 rings (SSSR count). The Morgan fingerprint density at radius 3 is 3.00 bits per heavy atom.